The highest BCUT2D eigenvalue weighted by Gasteiger charge is 1.82. The Morgan fingerprint density at radius 3 is 1.67 bits per heavy atom. The van der Waals surface area contributed by atoms with E-state index in [1.54, 1.807) is 13.8 Å². The molecule has 9 heavy (non-hydrogen) atoms. The number of carbonyl (C=O) groups is 1. The van der Waals surface area contributed by atoms with Crippen LogP contribution in [0.3, 0.4) is 0 Å². The molecule has 0 aromatic rings. The van der Waals surface area contributed by atoms with Crippen molar-refractivity contribution in [2.75, 3.05) is 6.61 Å². The first kappa shape index (κ1) is 11.2. The maximum atomic E-state index is 9.12. The number of rotatable bonds is 1. The van der Waals surface area contributed by atoms with E-state index in [1.165, 1.54) is 0 Å². The Bertz CT molecular complexity index is 66.6. The molecule has 0 unspecified atom stereocenters. The van der Waals surface area contributed by atoms with E-state index in [0.717, 1.165) is 0 Å². The number of carboxylic acids is 1. The van der Waals surface area contributed by atoms with Crippen LogP contribution in [0.2, 0.25) is 0 Å². The Kier molecular flexibility index (Phi) is 9.21. The summed E-state index contributed by atoms with van der Waals surface area (Å²) >= 11 is 0. The fourth-order valence-electron chi connectivity index (χ4n) is 0. The fourth-order valence-corrected chi connectivity index (χ4v) is 0. The van der Waals surface area contributed by atoms with E-state index in [9.17, 15) is 0 Å². The van der Waals surface area contributed by atoms with Gasteiger partial charge in [0.15, 0.2) is 0 Å². The quantitative estimate of drug-likeness (QED) is 0.452. The molecule has 0 radical (unpaired) electrons. The molecular formula is C5H12O4. The third-order valence-electron chi connectivity index (χ3n) is 0.135. The Hall–Kier alpha value is -0.610. The Morgan fingerprint density at radius 2 is 1.67 bits per heavy atom. The summed E-state index contributed by atoms with van der Waals surface area (Å²) < 4.78 is 0. The van der Waals surface area contributed by atoms with Crippen molar-refractivity contribution in [3.05, 3.63) is 0 Å². The highest BCUT2D eigenvalue weighted by molar-refractivity contribution is 5.67. The molecule has 0 aliphatic carbocycles. The van der Waals surface area contributed by atoms with E-state index in [2.05, 4.69) is 0 Å². The van der Waals surface area contributed by atoms with Gasteiger partial charge in [-0.05, 0) is 13.8 Å². The first-order valence-electron chi connectivity index (χ1n) is 2.51. The summed E-state index contributed by atoms with van der Waals surface area (Å²) in [5.74, 6) is -1.19. The second-order valence-corrected chi connectivity index (χ2v) is 1.65. The van der Waals surface area contributed by atoms with Gasteiger partial charge in [0.1, 0.15) is 6.61 Å². The van der Waals surface area contributed by atoms with Gasteiger partial charge in [0.25, 0.3) is 0 Å². The van der Waals surface area contributed by atoms with Crippen molar-refractivity contribution in [1.29, 1.82) is 0 Å². The van der Waals surface area contributed by atoms with Crippen molar-refractivity contribution in [2.24, 2.45) is 0 Å². The molecule has 56 valence electrons. The highest BCUT2D eigenvalue weighted by Crippen LogP contribution is 1.65. The molecule has 0 aromatic carbocycles. The van der Waals surface area contributed by atoms with E-state index < -0.39 is 12.6 Å². The summed E-state index contributed by atoms with van der Waals surface area (Å²) in [5.41, 5.74) is 0. The van der Waals surface area contributed by atoms with E-state index in [4.69, 9.17) is 20.1 Å². The molecule has 3 N–H and O–H groups in total. The van der Waals surface area contributed by atoms with Crippen LogP contribution in [0.5, 0.6) is 0 Å². The van der Waals surface area contributed by atoms with Gasteiger partial charge in [0, 0.05) is 6.10 Å². The molecule has 0 amide bonds. The Labute approximate surface area is 53.7 Å². The van der Waals surface area contributed by atoms with Gasteiger partial charge in [0.2, 0.25) is 0 Å². The van der Waals surface area contributed by atoms with Crippen LogP contribution in [-0.2, 0) is 4.79 Å². The molecule has 0 fully saturated rings. The summed E-state index contributed by atoms with van der Waals surface area (Å²) in [6.07, 6.45) is -0.167. The summed E-state index contributed by atoms with van der Waals surface area (Å²) in [6.45, 7) is 2.67. The lowest BCUT2D eigenvalue weighted by Crippen LogP contribution is -1.98. The highest BCUT2D eigenvalue weighted by atomic mass is 16.4. The standard InChI is InChI=1S/C3H8O.C2H4O3/c1-3(2)4;3-1-2(4)5/h3-4H,1-2H3;3H,1H2,(H,4,5). The SMILES string of the molecule is CC(C)O.O=C(O)CO. The lowest BCUT2D eigenvalue weighted by molar-refractivity contribution is -0.140. The Balaban J connectivity index is 0. The normalized spacial score (nSPS) is 8.11. The number of aliphatic hydroxyl groups is 2. The van der Waals surface area contributed by atoms with Crippen LogP contribution in [0.15, 0.2) is 0 Å². The van der Waals surface area contributed by atoms with Gasteiger partial charge >= 0.3 is 5.97 Å². The molecule has 0 heterocycles. The minimum atomic E-state index is -1.19. The van der Waals surface area contributed by atoms with Gasteiger partial charge in [0.05, 0.1) is 0 Å². The number of carboxylic acid groups (broad SMARTS) is 1. The van der Waals surface area contributed by atoms with Crippen molar-refractivity contribution in [3.63, 3.8) is 0 Å². The van der Waals surface area contributed by atoms with Crippen LogP contribution in [0.4, 0.5) is 0 Å². The van der Waals surface area contributed by atoms with Crippen LogP contribution in [0.1, 0.15) is 13.8 Å². The van der Waals surface area contributed by atoms with E-state index >= 15 is 0 Å². The minimum Gasteiger partial charge on any atom is -0.480 e. The number of aliphatic hydroxyl groups excluding tert-OH is 2. The summed E-state index contributed by atoms with van der Waals surface area (Å²) in [4.78, 5) is 9.12. The third-order valence-corrected chi connectivity index (χ3v) is 0.135. The first-order chi connectivity index (χ1) is 4.00. The zero-order valence-corrected chi connectivity index (χ0v) is 5.53. The molecular weight excluding hydrogens is 124 g/mol. The van der Waals surface area contributed by atoms with Crippen LogP contribution >= 0.6 is 0 Å². The van der Waals surface area contributed by atoms with Crippen molar-refractivity contribution in [1.82, 2.24) is 0 Å². The lowest BCUT2D eigenvalue weighted by atomic mass is 10.5. The zero-order chi connectivity index (χ0) is 7.86. The second-order valence-electron chi connectivity index (χ2n) is 1.65. The van der Waals surface area contributed by atoms with E-state index in [-0.39, 0.29) is 6.10 Å². The van der Waals surface area contributed by atoms with E-state index in [1.807, 2.05) is 0 Å². The smallest absolute Gasteiger partial charge is 0.329 e. The minimum absolute atomic E-state index is 0.167. The van der Waals surface area contributed by atoms with Crippen LogP contribution in [-0.4, -0.2) is 34.0 Å². The molecule has 4 heteroatoms. The average Bonchev–Trinajstić information content (AvgIpc) is 1.65. The molecule has 0 bridgehead atoms. The molecule has 0 aromatic heterocycles. The maximum Gasteiger partial charge on any atom is 0.329 e. The monoisotopic (exact) mass is 136 g/mol. The largest absolute Gasteiger partial charge is 0.480 e. The van der Waals surface area contributed by atoms with Gasteiger partial charge in [-0.25, -0.2) is 4.79 Å². The summed E-state index contributed by atoms with van der Waals surface area (Å²) in [5, 5.41) is 23.1. The Morgan fingerprint density at radius 1 is 1.56 bits per heavy atom. The summed E-state index contributed by atoms with van der Waals surface area (Å²) in [6, 6.07) is 0. The van der Waals surface area contributed by atoms with Gasteiger partial charge in [-0.3, -0.25) is 0 Å². The van der Waals surface area contributed by atoms with Gasteiger partial charge in [-0.1, -0.05) is 0 Å². The van der Waals surface area contributed by atoms with Crippen molar-refractivity contribution >= 4 is 5.97 Å². The van der Waals surface area contributed by atoms with Gasteiger partial charge in [-0.2, -0.15) is 0 Å². The molecule has 0 saturated heterocycles. The number of aliphatic carboxylic acids is 1. The molecule has 0 rings (SSSR count). The second kappa shape index (κ2) is 7.39. The van der Waals surface area contributed by atoms with Gasteiger partial charge in [-0.15, -0.1) is 0 Å². The molecule has 4 nitrogen and oxygen atoms in total. The summed E-state index contributed by atoms with van der Waals surface area (Å²) in [7, 11) is 0. The van der Waals surface area contributed by atoms with Crippen molar-refractivity contribution in [3.8, 4) is 0 Å². The molecule has 0 aliphatic rings. The van der Waals surface area contributed by atoms with E-state index in [0.29, 0.717) is 0 Å². The molecule has 0 aliphatic heterocycles. The van der Waals surface area contributed by atoms with Crippen molar-refractivity contribution < 1.29 is 20.1 Å². The number of hydrogen-bond donors (Lipinski definition) is 3. The third kappa shape index (κ3) is 111. The van der Waals surface area contributed by atoms with Crippen LogP contribution in [0, 0.1) is 0 Å². The molecule has 0 atom stereocenters. The lowest BCUT2D eigenvalue weighted by Gasteiger charge is -1.80. The topological polar surface area (TPSA) is 77.8 Å². The van der Waals surface area contributed by atoms with Crippen LogP contribution in [0.25, 0.3) is 0 Å². The first-order valence-corrected chi connectivity index (χ1v) is 2.51. The fraction of sp³-hybridized carbons (Fsp3) is 0.800. The predicted molar refractivity (Wildman–Crippen MR) is 32.1 cm³/mol. The zero-order valence-electron chi connectivity index (χ0n) is 5.53. The van der Waals surface area contributed by atoms with Crippen LogP contribution < -0.4 is 0 Å². The molecule has 0 spiro atoms. The van der Waals surface area contributed by atoms with Crippen molar-refractivity contribution in [2.45, 2.75) is 20.0 Å². The predicted octanol–water partition coefficient (Wildman–Crippen LogP) is -0.550. The van der Waals surface area contributed by atoms with Gasteiger partial charge < -0.3 is 15.3 Å². The average molecular weight is 136 g/mol. The maximum absolute atomic E-state index is 9.12. The number of hydrogen-bond acceptors (Lipinski definition) is 3. The molecule has 0 saturated carbocycles.